The predicted octanol–water partition coefficient (Wildman–Crippen LogP) is 2.40. The van der Waals surface area contributed by atoms with E-state index in [0.29, 0.717) is 5.92 Å². The van der Waals surface area contributed by atoms with E-state index >= 15 is 0 Å². The summed E-state index contributed by atoms with van der Waals surface area (Å²) in [6.45, 7) is 0. The molecule has 1 fully saturated rings. The fourth-order valence-corrected chi connectivity index (χ4v) is 1.79. The second kappa shape index (κ2) is 4.93. The molecule has 0 unspecified atom stereocenters. The van der Waals surface area contributed by atoms with Gasteiger partial charge in [-0.2, -0.15) is 5.10 Å². The lowest BCUT2D eigenvalue weighted by Gasteiger charge is -2.06. The van der Waals surface area contributed by atoms with Crippen LogP contribution in [0.25, 0.3) is 0 Å². The molecule has 0 heterocycles. The molecule has 1 aromatic rings. The lowest BCUT2D eigenvalue weighted by atomic mass is 10.1. The first kappa shape index (κ1) is 11.5. The molecule has 1 aliphatic carbocycles. The van der Waals surface area contributed by atoms with E-state index in [2.05, 4.69) is 26.5 Å². The summed E-state index contributed by atoms with van der Waals surface area (Å²) in [7, 11) is 0. The van der Waals surface area contributed by atoms with Crippen LogP contribution in [0.15, 0.2) is 33.8 Å². The van der Waals surface area contributed by atoms with Crippen LogP contribution in [0.3, 0.4) is 0 Å². The summed E-state index contributed by atoms with van der Waals surface area (Å²) in [6.07, 6.45) is 2.38. The molecule has 0 aliphatic heterocycles. The number of nitrogens with one attached hydrogen (secondary N) is 1. The fraction of sp³-hybridized carbons (Fsp3) is 0.273. The highest BCUT2D eigenvalue weighted by Crippen LogP contribution is 2.33. The van der Waals surface area contributed by atoms with E-state index in [0.717, 1.165) is 15.7 Å². The summed E-state index contributed by atoms with van der Waals surface area (Å²) < 4.78 is 1.06. The number of nitrogens with two attached hydrogens (primary N) is 1. The van der Waals surface area contributed by atoms with Crippen LogP contribution >= 0.6 is 28.1 Å². The highest BCUT2D eigenvalue weighted by Gasteiger charge is 2.28. The van der Waals surface area contributed by atoms with Gasteiger partial charge in [0.2, 0.25) is 0 Å². The predicted molar refractivity (Wildman–Crippen MR) is 73.3 cm³/mol. The van der Waals surface area contributed by atoms with Gasteiger partial charge in [-0.3, -0.25) is 5.43 Å². The minimum Gasteiger partial charge on any atom is -0.375 e. The molecule has 2 rings (SSSR count). The zero-order valence-electron chi connectivity index (χ0n) is 8.61. The van der Waals surface area contributed by atoms with Gasteiger partial charge in [-0.25, -0.2) is 0 Å². The topological polar surface area (TPSA) is 50.4 Å². The number of hydrogen-bond acceptors (Lipinski definition) is 2. The molecular formula is C11H12BrN3S. The molecule has 0 spiro atoms. The first-order valence-corrected chi connectivity index (χ1v) is 6.26. The van der Waals surface area contributed by atoms with Crippen LogP contribution in [0.1, 0.15) is 18.4 Å². The van der Waals surface area contributed by atoms with E-state index in [1.165, 1.54) is 12.8 Å². The van der Waals surface area contributed by atoms with E-state index in [1.54, 1.807) is 0 Å². The molecule has 0 bridgehead atoms. The molecular weight excluding hydrogens is 286 g/mol. The smallest absolute Gasteiger partial charge is 0.184 e. The van der Waals surface area contributed by atoms with Gasteiger partial charge >= 0.3 is 0 Å². The molecule has 0 saturated heterocycles. The van der Waals surface area contributed by atoms with E-state index in [-0.39, 0.29) is 5.11 Å². The highest BCUT2D eigenvalue weighted by molar-refractivity contribution is 9.10. The molecule has 0 radical (unpaired) electrons. The summed E-state index contributed by atoms with van der Waals surface area (Å²) >= 11 is 8.16. The monoisotopic (exact) mass is 297 g/mol. The van der Waals surface area contributed by atoms with Gasteiger partial charge < -0.3 is 5.73 Å². The number of rotatable bonds is 3. The van der Waals surface area contributed by atoms with Crippen LogP contribution < -0.4 is 11.2 Å². The minimum absolute atomic E-state index is 0.204. The zero-order chi connectivity index (χ0) is 11.5. The molecule has 3 nitrogen and oxygen atoms in total. The van der Waals surface area contributed by atoms with Crippen molar-refractivity contribution in [3.63, 3.8) is 0 Å². The first-order valence-electron chi connectivity index (χ1n) is 5.06. The average Bonchev–Trinajstić information content (AvgIpc) is 3.04. The lowest BCUT2D eigenvalue weighted by Crippen LogP contribution is -2.26. The van der Waals surface area contributed by atoms with Crippen molar-refractivity contribution in [1.82, 2.24) is 5.43 Å². The van der Waals surface area contributed by atoms with Crippen LogP contribution in [0.2, 0.25) is 0 Å². The SMILES string of the molecule is NC(=S)N/N=C(\c1ccc(Br)cc1)C1CC1. The molecule has 84 valence electrons. The summed E-state index contributed by atoms with van der Waals surface area (Å²) in [5, 5.41) is 4.47. The van der Waals surface area contributed by atoms with Gasteiger partial charge in [-0.05, 0) is 42.8 Å². The van der Waals surface area contributed by atoms with Crippen molar-refractivity contribution in [2.45, 2.75) is 12.8 Å². The van der Waals surface area contributed by atoms with Gasteiger partial charge in [0.1, 0.15) is 0 Å². The van der Waals surface area contributed by atoms with Crippen molar-refractivity contribution in [3.8, 4) is 0 Å². The first-order chi connectivity index (χ1) is 7.66. The number of thiocarbonyl (C=S) groups is 1. The van der Waals surface area contributed by atoms with E-state index in [9.17, 15) is 0 Å². The van der Waals surface area contributed by atoms with E-state index < -0.39 is 0 Å². The Morgan fingerprint density at radius 2 is 2.00 bits per heavy atom. The number of hydrazone groups is 1. The Bertz CT molecular complexity index is 423. The van der Waals surface area contributed by atoms with Crippen LogP contribution in [0.4, 0.5) is 0 Å². The van der Waals surface area contributed by atoms with Gasteiger partial charge in [-0.1, -0.05) is 28.1 Å². The van der Waals surface area contributed by atoms with Crippen LogP contribution in [-0.4, -0.2) is 10.8 Å². The van der Waals surface area contributed by atoms with Gasteiger partial charge in [0, 0.05) is 10.4 Å². The van der Waals surface area contributed by atoms with Crippen molar-refractivity contribution in [1.29, 1.82) is 0 Å². The highest BCUT2D eigenvalue weighted by atomic mass is 79.9. The molecule has 1 aromatic carbocycles. The van der Waals surface area contributed by atoms with Crippen molar-refractivity contribution in [3.05, 3.63) is 34.3 Å². The Morgan fingerprint density at radius 3 is 2.50 bits per heavy atom. The Morgan fingerprint density at radius 1 is 1.38 bits per heavy atom. The van der Waals surface area contributed by atoms with Gasteiger partial charge in [-0.15, -0.1) is 0 Å². The molecule has 3 N–H and O–H groups in total. The zero-order valence-corrected chi connectivity index (χ0v) is 11.0. The maximum atomic E-state index is 5.37. The van der Waals surface area contributed by atoms with Crippen LogP contribution in [-0.2, 0) is 0 Å². The standard InChI is InChI=1S/C11H12BrN3S/c12-9-5-3-8(4-6-9)10(7-1-2-7)14-15-11(13)16/h3-7H,1-2H2,(H3,13,15,16)/b14-10-. The largest absolute Gasteiger partial charge is 0.375 e. The van der Waals surface area contributed by atoms with Crippen LogP contribution in [0, 0.1) is 5.92 Å². The van der Waals surface area contributed by atoms with Crippen molar-refractivity contribution in [2.75, 3.05) is 0 Å². The number of hydrogen-bond donors (Lipinski definition) is 2. The Balaban J connectivity index is 2.22. The molecule has 1 aliphatic rings. The molecule has 0 atom stereocenters. The second-order valence-electron chi connectivity index (χ2n) is 3.75. The summed E-state index contributed by atoms with van der Waals surface area (Å²) in [5.74, 6) is 0.544. The second-order valence-corrected chi connectivity index (χ2v) is 5.11. The third-order valence-electron chi connectivity index (χ3n) is 2.39. The maximum Gasteiger partial charge on any atom is 0.184 e. The third kappa shape index (κ3) is 3.02. The minimum atomic E-state index is 0.204. The van der Waals surface area contributed by atoms with Crippen molar-refractivity contribution < 1.29 is 0 Å². The summed E-state index contributed by atoms with van der Waals surface area (Å²) in [6, 6.07) is 8.10. The lowest BCUT2D eigenvalue weighted by molar-refractivity contribution is 0.998. The fourth-order valence-electron chi connectivity index (χ4n) is 1.48. The Labute approximate surface area is 108 Å². The van der Waals surface area contributed by atoms with Crippen molar-refractivity contribution >= 4 is 39.0 Å². The normalized spacial score (nSPS) is 15.9. The number of benzene rings is 1. The number of nitrogens with zero attached hydrogens (tertiary/aromatic N) is 1. The maximum absolute atomic E-state index is 5.37. The van der Waals surface area contributed by atoms with E-state index in [1.807, 2.05) is 24.3 Å². The number of halogens is 1. The van der Waals surface area contributed by atoms with Gasteiger partial charge in [0.25, 0.3) is 0 Å². The van der Waals surface area contributed by atoms with E-state index in [4.69, 9.17) is 18.0 Å². The van der Waals surface area contributed by atoms with Crippen LogP contribution in [0.5, 0.6) is 0 Å². The Hall–Kier alpha value is -0.940. The summed E-state index contributed by atoms with van der Waals surface area (Å²) in [4.78, 5) is 0. The molecule has 5 heteroatoms. The van der Waals surface area contributed by atoms with Crippen molar-refractivity contribution in [2.24, 2.45) is 16.8 Å². The summed E-state index contributed by atoms with van der Waals surface area (Å²) in [5.41, 5.74) is 10.2. The molecule has 0 amide bonds. The third-order valence-corrected chi connectivity index (χ3v) is 3.01. The molecule has 1 saturated carbocycles. The van der Waals surface area contributed by atoms with Gasteiger partial charge in [0.05, 0.1) is 5.71 Å². The average molecular weight is 298 g/mol. The molecule has 0 aromatic heterocycles. The molecule has 16 heavy (non-hydrogen) atoms. The Kier molecular flexibility index (Phi) is 3.56. The van der Waals surface area contributed by atoms with Gasteiger partial charge in [0.15, 0.2) is 5.11 Å². The quantitative estimate of drug-likeness (QED) is 0.512.